The molecule has 4 rings (SSSR count). The average Bonchev–Trinajstić information content (AvgIpc) is 0.902. The minimum Gasteiger partial charge on any atom is -0.505 e. The van der Waals surface area contributed by atoms with E-state index in [4.69, 9.17) is 49.4 Å². The van der Waals surface area contributed by atoms with Crippen LogP contribution in [0.2, 0.25) is 0 Å². The zero-order valence-corrected chi connectivity index (χ0v) is 55.1. The lowest BCUT2D eigenvalue weighted by Gasteiger charge is -2.28. The first kappa shape index (κ1) is 75.5. The number of carbonyl (C=O) groups excluding carboxylic acids is 4. The van der Waals surface area contributed by atoms with Crippen molar-refractivity contribution in [1.29, 1.82) is 0 Å². The minimum atomic E-state index is -1.06. The van der Waals surface area contributed by atoms with Crippen LogP contribution in [-0.2, 0) is 38.0 Å². The molecule has 14 N–H and O–H groups in total. The number of unbranched alkanes of at least 4 members (excludes halogenated alkanes) is 6. The Balaban J connectivity index is 1.53. The van der Waals surface area contributed by atoms with Gasteiger partial charge < -0.3 is 101 Å². The van der Waals surface area contributed by atoms with E-state index in [9.17, 15) is 49.8 Å². The Morgan fingerprint density at radius 1 is 0.538 bits per heavy atom. The largest absolute Gasteiger partial charge is 0.505 e. The zero-order chi connectivity index (χ0) is 67.8. The van der Waals surface area contributed by atoms with Gasteiger partial charge in [-0.25, -0.2) is 9.59 Å². The van der Waals surface area contributed by atoms with Gasteiger partial charge in [-0.1, -0.05) is 106 Å². The van der Waals surface area contributed by atoms with E-state index in [0.29, 0.717) is 48.2 Å². The summed E-state index contributed by atoms with van der Waals surface area (Å²) in [4.78, 5) is 51.9. The third-order valence-corrected chi connectivity index (χ3v) is 16.1. The van der Waals surface area contributed by atoms with Gasteiger partial charge in [-0.15, -0.1) is 0 Å². The molecule has 0 fully saturated rings. The molecule has 2 heterocycles. The van der Waals surface area contributed by atoms with Gasteiger partial charge in [-0.3, -0.25) is 9.59 Å². The van der Waals surface area contributed by atoms with Crippen molar-refractivity contribution in [3.63, 3.8) is 0 Å². The molecule has 2 aromatic carbocycles. The number of aliphatic hydroxyl groups is 2. The molecule has 0 saturated carbocycles. The normalized spacial score (nSPS) is 26.9. The van der Waals surface area contributed by atoms with Crippen LogP contribution >= 0.6 is 0 Å². The third kappa shape index (κ3) is 21.0. The maximum absolute atomic E-state index is 13.9. The molecule has 2 aromatic rings. The van der Waals surface area contributed by atoms with E-state index < -0.39 is 84.7 Å². The Kier molecular flexibility index (Phi) is 30.5. The molecule has 0 aromatic heterocycles. The summed E-state index contributed by atoms with van der Waals surface area (Å²) >= 11 is 0. The summed E-state index contributed by atoms with van der Waals surface area (Å²) in [6.45, 7) is 14.3. The van der Waals surface area contributed by atoms with Gasteiger partial charge in [0.15, 0.2) is 46.7 Å². The standard InChI is InChI=1S/C67H98N6O18/c1-36-30-44-56(76)52(72-64(80)38(3)24-22-26-46(84-9)60(90-66(68)82)42(7)34-40(5)54(74)48(32-36)86-11)50(58(78)62(44)88-13)70-28-20-18-16-15-17-19-21-29-71-51-53-57(77)45(63(89-14)59(51)79)31-37(2)33-49(87-12)55(75)41(6)35-43(8)61(91-67(69)83)47(85-10)27-23-25-39(4)65(81)73-53/h22-27,30-31,34-35,40-41,46-49,54-55,60-61,70-71,74-79H,15-21,28-29,32-33H2,1-14H3,(H2,68,82)(H2,69,83)(H,72,80)(H,73,81)/b26-22?,27-23?,36-30+,37-31+,38-24+,39-25+,42-34+,43-35+/t40-,41-,46-,47-,48-,49-,54+,55+,60-,61-/m0/s1. The number of anilines is 4. The number of ether oxygens (including phenoxy) is 8. The van der Waals surface area contributed by atoms with Crippen molar-refractivity contribution in [1.82, 2.24) is 0 Å². The number of allylic oxidation sites excluding steroid dienone is 4. The van der Waals surface area contributed by atoms with Gasteiger partial charge in [0.2, 0.25) is 0 Å². The minimum absolute atomic E-state index is 0.0277. The summed E-state index contributed by atoms with van der Waals surface area (Å²) in [6.07, 6.45) is 12.3. The van der Waals surface area contributed by atoms with E-state index >= 15 is 0 Å². The summed E-state index contributed by atoms with van der Waals surface area (Å²) in [7, 11) is 8.46. The quantitative estimate of drug-likeness (QED) is 0.0254. The number of aliphatic hydroxyl groups excluding tert-OH is 2. The Morgan fingerprint density at radius 3 is 1.19 bits per heavy atom. The highest BCUT2D eigenvalue weighted by atomic mass is 16.6. The lowest BCUT2D eigenvalue weighted by molar-refractivity contribution is -0.113. The van der Waals surface area contributed by atoms with Crippen molar-refractivity contribution in [3.8, 4) is 34.5 Å². The first-order valence-corrected chi connectivity index (χ1v) is 30.4. The maximum Gasteiger partial charge on any atom is 0.405 e. The predicted molar refractivity (Wildman–Crippen MR) is 351 cm³/mol. The van der Waals surface area contributed by atoms with Crippen molar-refractivity contribution >= 4 is 58.9 Å². The molecule has 4 bridgehead atoms. The molecule has 10 atom stereocenters. The third-order valence-electron chi connectivity index (χ3n) is 16.1. The molecule has 504 valence electrons. The van der Waals surface area contributed by atoms with Crippen molar-refractivity contribution in [2.45, 2.75) is 162 Å². The van der Waals surface area contributed by atoms with Crippen molar-refractivity contribution in [2.75, 3.05) is 77.0 Å². The summed E-state index contributed by atoms with van der Waals surface area (Å²) in [5.41, 5.74) is 13.7. The fraction of sp³-hybridized carbons (Fsp3) is 0.522. The number of fused-ring (bicyclic) bond motifs is 4. The Hall–Kier alpha value is -8.00. The van der Waals surface area contributed by atoms with Crippen LogP contribution in [0.5, 0.6) is 34.5 Å². The molecule has 0 radical (unpaired) electrons. The van der Waals surface area contributed by atoms with Crippen LogP contribution in [0.25, 0.3) is 12.2 Å². The number of amides is 4. The molecule has 0 saturated heterocycles. The highest BCUT2D eigenvalue weighted by Gasteiger charge is 2.33. The van der Waals surface area contributed by atoms with Gasteiger partial charge in [0.25, 0.3) is 11.8 Å². The van der Waals surface area contributed by atoms with E-state index in [2.05, 4.69) is 21.3 Å². The topological polar surface area (TPSA) is 364 Å². The average molecular weight is 1280 g/mol. The number of carbonyl (C=O) groups is 4. The fourth-order valence-corrected chi connectivity index (χ4v) is 11.0. The Morgan fingerprint density at radius 2 is 0.879 bits per heavy atom. The maximum atomic E-state index is 13.9. The molecule has 2 aliphatic rings. The second kappa shape index (κ2) is 36.7. The molecule has 4 amide bonds. The summed E-state index contributed by atoms with van der Waals surface area (Å²) in [6, 6.07) is 0. The van der Waals surface area contributed by atoms with Gasteiger partial charge in [0.1, 0.15) is 35.0 Å². The molecule has 91 heavy (non-hydrogen) atoms. The van der Waals surface area contributed by atoms with Crippen LogP contribution in [0.3, 0.4) is 0 Å². The van der Waals surface area contributed by atoms with Crippen molar-refractivity contribution in [2.24, 2.45) is 23.3 Å². The van der Waals surface area contributed by atoms with Crippen molar-refractivity contribution < 1.29 is 87.7 Å². The molecule has 24 nitrogen and oxygen atoms in total. The van der Waals surface area contributed by atoms with Crippen LogP contribution < -0.4 is 42.2 Å². The van der Waals surface area contributed by atoms with Crippen LogP contribution in [0.4, 0.5) is 32.3 Å². The molecule has 24 heteroatoms. The molecule has 0 unspecified atom stereocenters. The van der Waals surface area contributed by atoms with Gasteiger partial charge in [0, 0.05) is 64.5 Å². The van der Waals surface area contributed by atoms with Crippen molar-refractivity contribution in [3.05, 3.63) is 93.2 Å². The highest BCUT2D eigenvalue weighted by Crippen LogP contribution is 2.52. The summed E-state index contributed by atoms with van der Waals surface area (Å²) in [5, 5.41) is 82.7. The Labute approximate surface area is 534 Å². The van der Waals surface area contributed by atoms with E-state index in [1.54, 1.807) is 104 Å². The van der Waals surface area contributed by atoms with E-state index in [-0.39, 0.29) is 92.4 Å². The molecular formula is C67H98N6O18. The number of phenols is 4. The second-order valence-corrected chi connectivity index (χ2v) is 23.1. The van der Waals surface area contributed by atoms with E-state index in [1.165, 1.54) is 54.8 Å². The SMILES string of the molecule is COc1c(O)c(NCCCCCCCCCNc2c(O)c(OC)c3c(O)c2NC(=O)/C(C)=C/C=C[C@H](OC)[C@@H](OC(N)=O)/C(C)=C/[C@H](C)[C@@H](O)[C@@H](OC)C/C(C)=C/3)c2c(O)c1/C=C(\C)C[C@H](OC)[C@H](O)[C@@H](C)/C=C(\C)[C@H](OC(N)=O)[C@@H](OC)C=C/C=C(\C)C(=O)N2. The predicted octanol–water partition coefficient (Wildman–Crippen LogP) is 10.2. The van der Waals surface area contributed by atoms with Crippen LogP contribution in [-0.4, -0.2) is 159 Å². The molecule has 0 aliphatic carbocycles. The number of methoxy groups -OCH3 is 6. The van der Waals surface area contributed by atoms with Gasteiger partial charge in [-0.2, -0.15) is 0 Å². The Bertz CT molecular complexity index is 2890. The summed E-state index contributed by atoms with van der Waals surface area (Å²) in [5.74, 6) is -3.90. The van der Waals surface area contributed by atoms with Crippen LogP contribution in [0.15, 0.2) is 82.0 Å². The molecular weight excluding hydrogens is 1180 g/mol. The number of benzene rings is 2. The number of nitrogens with two attached hydrogens (primary N) is 2. The van der Waals surface area contributed by atoms with Gasteiger partial charge in [-0.05, 0) is 90.5 Å². The van der Waals surface area contributed by atoms with E-state index in [0.717, 1.165) is 32.1 Å². The smallest absolute Gasteiger partial charge is 0.405 e. The highest BCUT2D eigenvalue weighted by molar-refractivity contribution is 6.09. The lowest BCUT2D eigenvalue weighted by atomic mass is 9.91. The first-order chi connectivity index (χ1) is 43.2. The second-order valence-electron chi connectivity index (χ2n) is 23.1. The lowest BCUT2D eigenvalue weighted by Crippen LogP contribution is -2.36. The number of rotatable bonds is 20. The molecule has 0 spiro atoms. The van der Waals surface area contributed by atoms with Crippen LogP contribution in [0.1, 0.15) is 124 Å². The van der Waals surface area contributed by atoms with E-state index in [1.807, 2.05) is 0 Å². The fourth-order valence-electron chi connectivity index (χ4n) is 11.0. The number of nitrogens with one attached hydrogen (secondary N) is 4. The number of aromatic hydroxyl groups is 4. The zero-order valence-electron chi connectivity index (χ0n) is 55.1. The number of phenolic OH excluding ortho intramolecular Hbond substituents is 4. The number of hydrogen-bond acceptors (Lipinski definition) is 20. The summed E-state index contributed by atoms with van der Waals surface area (Å²) < 4.78 is 45.2. The number of hydrogen-bond donors (Lipinski definition) is 12. The monoisotopic (exact) mass is 1270 g/mol. The van der Waals surface area contributed by atoms with Gasteiger partial charge >= 0.3 is 12.2 Å². The molecule has 2 aliphatic heterocycles. The van der Waals surface area contributed by atoms with Gasteiger partial charge in [0.05, 0.1) is 49.8 Å². The first-order valence-electron chi connectivity index (χ1n) is 30.4. The number of primary amides is 2. The van der Waals surface area contributed by atoms with Crippen LogP contribution in [0, 0.1) is 11.8 Å².